The first-order chi connectivity index (χ1) is 8.56. The van der Waals surface area contributed by atoms with Crippen molar-refractivity contribution in [3.05, 3.63) is 68.7 Å². The van der Waals surface area contributed by atoms with Crippen LogP contribution in [0.4, 0.5) is 0 Å². The molecule has 0 saturated carbocycles. The first-order valence-corrected chi connectivity index (χ1v) is 6.92. The van der Waals surface area contributed by atoms with Crippen LogP contribution in [-0.2, 0) is 6.42 Å². The summed E-state index contributed by atoms with van der Waals surface area (Å²) in [5.41, 5.74) is 3.13. The second-order valence-electron chi connectivity index (χ2n) is 4.35. The average molecular weight is 326 g/mol. The van der Waals surface area contributed by atoms with E-state index in [-0.39, 0.29) is 0 Å². The van der Waals surface area contributed by atoms with Crippen LogP contribution in [0.5, 0.6) is 0 Å². The number of hydrogen-bond acceptors (Lipinski definition) is 1. The van der Waals surface area contributed by atoms with Gasteiger partial charge in [0.2, 0.25) is 0 Å². The molecule has 1 atom stereocenters. The SMILES string of the molecule is Cc1cc(Br)ccc1C(O)Cc1ccc(Cl)cc1. The van der Waals surface area contributed by atoms with E-state index in [2.05, 4.69) is 15.9 Å². The number of aliphatic hydroxyl groups is 1. The molecule has 2 aromatic rings. The summed E-state index contributed by atoms with van der Waals surface area (Å²) in [5.74, 6) is 0. The number of hydrogen-bond donors (Lipinski definition) is 1. The molecular weight excluding hydrogens is 312 g/mol. The minimum Gasteiger partial charge on any atom is -0.388 e. The number of rotatable bonds is 3. The summed E-state index contributed by atoms with van der Waals surface area (Å²) in [5, 5.41) is 11.0. The minimum atomic E-state index is -0.487. The second-order valence-corrected chi connectivity index (χ2v) is 5.70. The van der Waals surface area contributed by atoms with E-state index in [1.165, 1.54) is 0 Å². The zero-order chi connectivity index (χ0) is 13.1. The summed E-state index contributed by atoms with van der Waals surface area (Å²) in [4.78, 5) is 0. The van der Waals surface area contributed by atoms with Crippen molar-refractivity contribution in [3.8, 4) is 0 Å². The summed E-state index contributed by atoms with van der Waals surface area (Å²) in [6.45, 7) is 2.01. The maximum Gasteiger partial charge on any atom is 0.0832 e. The Balaban J connectivity index is 2.16. The highest BCUT2D eigenvalue weighted by atomic mass is 79.9. The van der Waals surface area contributed by atoms with Gasteiger partial charge in [0.1, 0.15) is 0 Å². The van der Waals surface area contributed by atoms with Crippen LogP contribution in [0.15, 0.2) is 46.9 Å². The van der Waals surface area contributed by atoms with Crippen LogP contribution in [0.3, 0.4) is 0 Å². The van der Waals surface area contributed by atoms with Gasteiger partial charge in [-0.15, -0.1) is 0 Å². The van der Waals surface area contributed by atoms with Gasteiger partial charge in [0.25, 0.3) is 0 Å². The van der Waals surface area contributed by atoms with Gasteiger partial charge in [-0.05, 0) is 47.9 Å². The molecule has 0 bridgehead atoms. The molecule has 1 N–H and O–H groups in total. The third-order valence-corrected chi connectivity index (χ3v) is 3.68. The molecule has 94 valence electrons. The Bertz CT molecular complexity index is 537. The highest BCUT2D eigenvalue weighted by Crippen LogP contribution is 2.24. The van der Waals surface area contributed by atoms with Crippen molar-refractivity contribution in [1.29, 1.82) is 0 Å². The van der Waals surface area contributed by atoms with Crippen LogP contribution in [0, 0.1) is 6.92 Å². The molecule has 0 aliphatic carbocycles. The van der Waals surface area contributed by atoms with Crippen LogP contribution in [0.1, 0.15) is 22.8 Å². The molecule has 2 aromatic carbocycles. The van der Waals surface area contributed by atoms with Crippen molar-refractivity contribution in [2.75, 3.05) is 0 Å². The fraction of sp³-hybridized carbons (Fsp3) is 0.200. The van der Waals surface area contributed by atoms with Gasteiger partial charge in [0, 0.05) is 15.9 Å². The fourth-order valence-electron chi connectivity index (χ4n) is 1.97. The third-order valence-electron chi connectivity index (χ3n) is 2.93. The van der Waals surface area contributed by atoms with Crippen LogP contribution < -0.4 is 0 Å². The van der Waals surface area contributed by atoms with Crippen LogP contribution >= 0.6 is 27.5 Å². The van der Waals surface area contributed by atoms with Gasteiger partial charge < -0.3 is 5.11 Å². The third kappa shape index (κ3) is 3.35. The van der Waals surface area contributed by atoms with Gasteiger partial charge in [-0.25, -0.2) is 0 Å². The molecule has 3 heteroatoms. The number of benzene rings is 2. The molecule has 1 nitrogen and oxygen atoms in total. The maximum atomic E-state index is 10.3. The molecule has 0 fully saturated rings. The van der Waals surface area contributed by atoms with Gasteiger partial charge in [-0.3, -0.25) is 0 Å². The Kier molecular flexibility index (Phi) is 4.44. The molecule has 1 unspecified atom stereocenters. The van der Waals surface area contributed by atoms with Crippen molar-refractivity contribution in [3.63, 3.8) is 0 Å². The summed E-state index contributed by atoms with van der Waals surface area (Å²) in [7, 11) is 0. The van der Waals surface area contributed by atoms with E-state index in [4.69, 9.17) is 11.6 Å². The molecule has 0 radical (unpaired) electrons. The van der Waals surface area contributed by atoms with E-state index in [0.717, 1.165) is 21.2 Å². The van der Waals surface area contributed by atoms with Crippen LogP contribution in [-0.4, -0.2) is 5.11 Å². The van der Waals surface area contributed by atoms with Crippen molar-refractivity contribution >= 4 is 27.5 Å². The summed E-state index contributed by atoms with van der Waals surface area (Å²) >= 11 is 9.26. The van der Waals surface area contributed by atoms with Crippen molar-refractivity contribution in [2.24, 2.45) is 0 Å². The highest BCUT2D eigenvalue weighted by molar-refractivity contribution is 9.10. The normalized spacial score (nSPS) is 12.4. The highest BCUT2D eigenvalue weighted by Gasteiger charge is 2.11. The zero-order valence-electron chi connectivity index (χ0n) is 10.0. The smallest absolute Gasteiger partial charge is 0.0832 e. The van der Waals surface area contributed by atoms with Crippen molar-refractivity contribution in [2.45, 2.75) is 19.4 Å². The molecule has 0 aliphatic rings. The predicted octanol–water partition coefficient (Wildman–Crippen LogP) is 4.69. The molecule has 0 spiro atoms. The average Bonchev–Trinajstić information content (AvgIpc) is 2.32. The quantitative estimate of drug-likeness (QED) is 0.868. The van der Waals surface area contributed by atoms with Crippen LogP contribution in [0.25, 0.3) is 0 Å². The Morgan fingerprint density at radius 2 is 1.83 bits per heavy atom. The van der Waals surface area contributed by atoms with E-state index in [1.807, 2.05) is 49.4 Å². The fourth-order valence-corrected chi connectivity index (χ4v) is 2.57. The predicted molar refractivity (Wildman–Crippen MR) is 79.0 cm³/mol. The Morgan fingerprint density at radius 1 is 1.17 bits per heavy atom. The Labute approximate surface area is 121 Å². The standard InChI is InChI=1S/C15H14BrClO/c1-10-8-12(16)4-7-14(10)15(18)9-11-2-5-13(17)6-3-11/h2-8,15,18H,9H2,1H3. The largest absolute Gasteiger partial charge is 0.388 e. The molecule has 0 aliphatic heterocycles. The lowest BCUT2D eigenvalue weighted by atomic mass is 9.98. The monoisotopic (exact) mass is 324 g/mol. The molecule has 0 aromatic heterocycles. The summed E-state index contributed by atoms with van der Waals surface area (Å²) in [6.07, 6.45) is 0.110. The number of aliphatic hydroxyl groups excluding tert-OH is 1. The molecule has 0 saturated heterocycles. The second kappa shape index (κ2) is 5.87. The van der Waals surface area contributed by atoms with Gasteiger partial charge in [0.05, 0.1) is 6.10 Å². The van der Waals surface area contributed by atoms with Gasteiger partial charge in [0.15, 0.2) is 0 Å². The van der Waals surface area contributed by atoms with Gasteiger partial charge in [-0.2, -0.15) is 0 Å². The molecular formula is C15H14BrClO. The van der Waals surface area contributed by atoms with Gasteiger partial charge >= 0.3 is 0 Å². The zero-order valence-corrected chi connectivity index (χ0v) is 12.4. The van der Waals surface area contributed by atoms with E-state index >= 15 is 0 Å². The molecule has 2 rings (SSSR count). The van der Waals surface area contributed by atoms with E-state index < -0.39 is 6.10 Å². The first-order valence-electron chi connectivity index (χ1n) is 5.75. The van der Waals surface area contributed by atoms with Crippen molar-refractivity contribution in [1.82, 2.24) is 0 Å². The lowest BCUT2D eigenvalue weighted by molar-refractivity contribution is 0.177. The Morgan fingerprint density at radius 3 is 2.44 bits per heavy atom. The van der Waals surface area contributed by atoms with Crippen LogP contribution in [0.2, 0.25) is 5.02 Å². The lowest BCUT2D eigenvalue weighted by Gasteiger charge is -2.14. The van der Waals surface area contributed by atoms with Crippen molar-refractivity contribution < 1.29 is 5.11 Å². The minimum absolute atomic E-state index is 0.487. The maximum absolute atomic E-state index is 10.3. The molecule has 0 amide bonds. The Hall–Kier alpha value is -0.830. The molecule has 18 heavy (non-hydrogen) atoms. The first kappa shape index (κ1) is 13.6. The van der Waals surface area contributed by atoms with E-state index in [0.29, 0.717) is 11.4 Å². The topological polar surface area (TPSA) is 20.2 Å². The number of halogens is 2. The number of aryl methyl sites for hydroxylation is 1. The summed E-state index contributed by atoms with van der Waals surface area (Å²) < 4.78 is 1.03. The lowest BCUT2D eigenvalue weighted by Crippen LogP contribution is -2.03. The van der Waals surface area contributed by atoms with E-state index in [1.54, 1.807) is 0 Å². The van der Waals surface area contributed by atoms with Gasteiger partial charge in [-0.1, -0.05) is 45.7 Å². The summed E-state index contributed by atoms with van der Waals surface area (Å²) in [6, 6.07) is 13.5. The molecule has 0 heterocycles. The van der Waals surface area contributed by atoms with E-state index in [9.17, 15) is 5.11 Å².